The zero-order valence-electron chi connectivity index (χ0n) is 17.4. The van der Waals surface area contributed by atoms with Gasteiger partial charge in [0.05, 0.1) is 21.3 Å². The van der Waals surface area contributed by atoms with E-state index in [-0.39, 0.29) is 5.82 Å². The second kappa shape index (κ2) is 8.64. The first-order valence-electron chi connectivity index (χ1n) is 9.53. The van der Waals surface area contributed by atoms with Crippen LogP contribution in [-0.4, -0.2) is 27.0 Å². The van der Waals surface area contributed by atoms with E-state index in [9.17, 15) is 4.39 Å². The van der Waals surface area contributed by atoms with Crippen LogP contribution in [0.15, 0.2) is 41.6 Å². The van der Waals surface area contributed by atoms with Crippen LogP contribution in [0.3, 0.4) is 0 Å². The number of aromatic nitrogens is 4. The average Bonchev–Trinajstić information content (AvgIpc) is 2.74. The monoisotopic (exact) mass is 454 g/mol. The van der Waals surface area contributed by atoms with Gasteiger partial charge < -0.3 is 10.0 Å². The highest BCUT2D eigenvalue weighted by Gasteiger charge is 2.14. The summed E-state index contributed by atoms with van der Waals surface area (Å²) in [6.45, 7) is 5.68. The smallest absolute Gasteiger partial charge is 0.224 e. The fraction of sp³-hybridized carbons (Fsp3) is 0.182. The summed E-state index contributed by atoms with van der Waals surface area (Å²) in [7, 11) is 1.76. The maximum Gasteiger partial charge on any atom is 0.224 e. The first-order valence-corrected chi connectivity index (χ1v) is 10.7. The molecule has 0 bridgehead atoms. The molecule has 0 saturated heterocycles. The number of pyridine rings is 2. The average molecular weight is 455 g/mol. The summed E-state index contributed by atoms with van der Waals surface area (Å²) in [5, 5.41) is 4.26. The summed E-state index contributed by atoms with van der Waals surface area (Å²) in [6.07, 6.45) is 3.32. The van der Waals surface area contributed by atoms with Crippen LogP contribution in [0.2, 0.25) is 5.02 Å². The van der Waals surface area contributed by atoms with Gasteiger partial charge in [-0.1, -0.05) is 11.6 Å². The van der Waals surface area contributed by atoms with Gasteiger partial charge in [0.2, 0.25) is 5.95 Å². The van der Waals surface area contributed by atoms with Gasteiger partial charge in [-0.3, -0.25) is 4.98 Å². The van der Waals surface area contributed by atoms with Crippen molar-refractivity contribution >= 4 is 46.2 Å². The van der Waals surface area contributed by atoms with Crippen LogP contribution in [0.4, 0.5) is 16.0 Å². The van der Waals surface area contributed by atoms with Gasteiger partial charge in [-0.25, -0.2) is 14.4 Å². The Hall–Kier alpha value is -2.97. The van der Waals surface area contributed by atoms with E-state index in [4.69, 9.17) is 11.6 Å². The molecule has 0 amide bonds. The Balaban J connectivity index is 1.72. The van der Waals surface area contributed by atoms with Crippen molar-refractivity contribution in [2.75, 3.05) is 17.1 Å². The molecule has 0 aliphatic heterocycles. The molecule has 0 unspecified atom stereocenters. The summed E-state index contributed by atoms with van der Waals surface area (Å²) < 4.78 is 17.8. The Morgan fingerprint density at radius 3 is 2.52 bits per heavy atom. The molecule has 3 aromatic heterocycles. The van der Waals surface area contributed by atoms with Crippen LogP contribution in [0.5, 0.6) is 0 Å². The molecular formula is C22H20ClFN6S. The molecule has 0 aliphatic rings. The molecule has 9 heteroatoms. The number of benzene rings is 1. The molecule has 0 fully saturated rings. The molecule has 2 N–H and O–H groups in total. The molecule has 1 aromatic carbocycles. The quantitative estimate of drug-likeness (QED) is 0.360. The number of rotatable bonds is 5. The van der Waals surface area contributed by atoms with Crippen molar-refractivity contribution in [2.24, 2.45) is 0 Å². The topological polar surface area (TPSA) is 75.6 Å². The number of aryl methyl sites for hydroxylation is 3. The molecule has 0 aliphatic carbocycles. The zero-order chi connectivity index (χ0) is 22.1. The van der Waals surface area contributed by atoms with Crippen LogP contribution >= 0.6 is 23.5 Å². The van der Waals surface area contributed by atoms with E-state index in [0.717, 1.165) is 38.4 Å². The van der Waals surface area contributed by atoms with Gasteiger partial charge in [-0.2, -0.15) is 4.98 Å². The fourth-order valence-electron chi connectivity index (χ4n) is 3.19. The van der Waals surface area contributed by atoms with Crippen molar-refractivity contribution < 1.29 is 4.39 Å². The maximum absolute atomic E-state index is 14.7. The lowest BCUT2D eigenvalue weighted by Crippen LogP contribution is -2.00. The van der Waals surface area contributed by atoms with Crippen molar-refractivity contribution in [3.05, 3.63) is 64.5 Å². The third-order valence-corrected chi connectivity index (χ3v) is 6.03. The van der Waals surface area contributed by atoms with E-state index >= 15 is 0 Å². The minimum absolute atomic E-state index is 0.338. The van der Waals surface area contributed by atoms with Crippen LogP contribution < -0.4 is 10.0 Å². The molecule has 6 nitrogen and oxygen atoms in total. The second-order valence-electron chi connectivity index (χ2n) is 7.07. The van der Waals surface area contributed by atoms with Gasteiger partial charge in [0.1, 0.15) is 5.82 Å². The van der Waals surface area contributed by atoms with Crippen molar-refractivity contribution in [1.82, 2.24) is 19.9 Å². The summed E-state index contributed by atoms with van der Waals surface area (Å²) in [4.78, 5) is 18.4. The fourth-order valence-corrected chi connectivity index (χ4v) is 4.17. The Kier molecular flexibility index (Phi) is 5.93. The van der Waals surface area contributed by atoms with Gasteiger partial charge >= 0.3 is 0 Å². The molecule has 31 heavy (non-hydrogen) atoms. The van der Waals surface area contributed by atoms with Gasteiger partial charge in [0, 0.05) is 36.1 Å². The summed E-state index contributed by atoms with van der Waals surface area (Å²) in [5.41, 5.74) is 5.19. The maximum atomic E-state index is 14.7. The van der Waals surface area contributed by atoms with Gasteiger partial charge in [0.15, 0.2) is 5.65 Å². The molecule has 4 rings (SSSR count). The highest BCUT2D eigenvalue weighted by atomic mass is 35.5. The first kappa shape index (κ1) is 21.3. The number of hydrogen-bond donors (Lipinski definition) is 2. The van der Waals surface area contributed by atoms with Crippen LogP contribution in [-0.2, 0) is 0 Å². The van der Waals surface area contributed by atoms with E-state index in [2.05, 4.69) is 30.0 Å². The van der Waals surface area contributed by atoms with Crippen molar-refractivity contribution in [3.63, 3.8) is 0 Å². The summed E-state index contributed by atoms with van der Waals surface area (Å²) in [5.74, 6) is 0.175. The molecule has 3 heterocycles. The first-order chi connectivity index (χ1) is 14.9. The Bertz CT molecular complexity index is 1300. The van der Waals surface area contributed by atoms with Gasteiger partial charge in [0.25, 0.3) is 0 Å². The second-order valence-corrected chi connectivity index (χ2v) is 8.35. The number of fused-ring (bicyclic) bond motifs is 1. The lowest BCUT2D eigenvalue weighted by atomic mass is 9.98. The molecule has 0 saturated carbocycles. The number of nitrogens with zero attached hydrogens (tertiary/aromatic N) is 4. The van der Waals surface area contributed by atoms with Crippen LogP contribution in [0, 0.1) is 26.6 Å². The normalized spacial score (nSPS) is 11.0. The minimum atomic E-state index is -0.338. The number of halogens is 2. The lowest BCUT2D eigenvalue weighted by Gasteiger charge is -2.14. The number of hydrogen-bond acceptors (Lipinski definition) is 7. The minimum Gasteiger partial charge on any atom is -0.357 e. The summed E-state index contributed by atoms with van der Waals surface area (Å²) in [6, 6.07) is 7.10. The van der Waals surface area contributed by atoms with Crippen molar-refractivity contribution in [3.8, 4) is 11.1 Å². The highest BCUT2D eigenvalue weighted by molar-refractivity contribution is 8.00. The molecule has 0 atom stereocenters. The highest BCUT2D eigenvalue weighted by Crippen LogP contribution is 2.34. The molecule has 158 valence electrons. The van der Waals surface area contributed by atoms with E-state index in [1.807, 2.05) is 26.8 Å². The third-order valence-electron chi connectivity index (χ3n) is 4.87. The Morgan fingerprint density at radius 2 is 1.74 bits per heavy atom. The zero-order valence-corrected chi connectivity index (χ0v) is 19.0. The third kappa shape index (κ3) is 4.40. The SMILES string of the molecule is CNc1ncc2cc(-c3cc(NSc4cc(Cl)cnc4C)c(F)cc3C)c(C)nc2n1. The molecule has 4 aromatic rings. The van der Waals surface area contributed by atoms with E-state index < -0.39 is 0 Å². The predicted octanol–water partition coefficient (Wildman–Crippen LogP) is 5.97. The summed E-state index contributed by atoms with van der Waals surface area (Å²) >= 11 is 7.31. The molecule has 0 radical (unpaired) electrons. The molecular weight excluding hydrogens is 435 g/mol. The van der Waals surface area contributed by atoms with E-state index in [0.29, 0.717) is 22.3 Å². The number of nitrogens with one attached hydrogen (secondary N) is 2. The largest absolute Gasteiger partial charge is 0.357 e. The lowest BCUT2D eigenvalue weighted by molar-refractivity contribution is 0.631. The van der Waals surface area contributed by atoms with E-state index in [1.54, 1.807) is 31.6 Å². The molecule has 0 spiro atoms. The van der Waals surface area contributed by atoms with Gasteiger partial charge in [-0.05, 0) is 68.1 Å². The van der Waals surface area contributed by atoms with Crippen molar-refractivity contribution in [1.29, 1.82) is 0 Å². The predicted molar refractivity (Wildman–Crippen MR) is 125 cm³/mol. The van der Waals surface area contributed by atoms with Gasteiger partial charge in [-0.15, -0.1) is 0 Å². The standard InChI is InChI=1S/C22H20ClFN6S/c1-11-5-18(24)19(30-31-20-7-15(23)10-26-13(20)3)8-16(11)17-6-14-9-27-22(25-4)29-21(14)28-12(17)2/h5-10,30H,1-4H3,(H,25,27,28,29). The number of anilines is 2. The van der Waals surface area contributed by atoms with Crippen LogP contribution in [0.1, 0.15) is 17.0 Å². The van der Waals surface area contributed by atoms with Crippen LogP contribution in [0.25, 0.3) is 22.2 Å². The van der Waals surface area contributed by atoms with Crippen molar-refractivity contribution in [2.45, 2.75) is 25.7 Å². The Labute approximate surface area is 188 Å². The van der Waals surface area contributed by atoms with E-state index in [1.165, 1.54) is 18.0 Å². The Morgan fingerprint density at radius 1 is 0.935 bits per heavy atom.